The van der Waals surface area contributed by atoms with Crippen LogP contribution < -0.4 is 0 Å². The standard InChI is InChI=1S/C21H17NO4S/c1-15-7-9-16(10-8-15)14-22-17-11-12-20(19(13-17)21(23)24)27(25,26)18-5-3-2-4-6-18/h2-14H,1H3,(H,23,24). The van der Waals surface area contributed by atoms with Gasteiger partial charge in [0.2, 0.25) is 9.84 Å². The van der Waals surface area contributed by atoms with Crippen LogP contribution in [0.3, 0.4) is 0 Å². The van der Waals surface area contributed by atoms with Crippen LogP contribution in [0.1, 0.15) is 21.5 Å². The number of aliphatic imine (C=N–C) groups is 1. The van der Waals surface area contributed by atoms with Gasteiger partial charge in [0, 0.05) is 6.21 Å². The van der Waals surface area contributed by atoms with Crippen LogP contribution in [0.4, 0.5) is 5.69 Å². The Balaban J connectivity index is 2.01. The molecule has 136 valence electrons. The summed E-state index contributed by atoms with van der Waals surface area (Å²) in [6.07, 6.45) is 1.60. The molecule has 0 amide bonds. The van der Waals surface area contributed by atoms with E-state index in [2.05, 4.69) is 4.99 Å². The second-order valence-corrected chi connectivity index (χ2v) is 7.89. The summed E-state index contributed by atoms with van der Waals surface area (Å²) in [7, 11) is -3.94. The van der Waals surface area contributed by atoms with E-state index < -0.39 is 15.8 Å². The molecule has 0 bridgehead atoms. The largest absolute Gasteiger partial charge is 0.478 e. The molecule has 0 saturated carbocycles. The van der Waals surface area contributed by atoms with Gasteiger partial charge in [0.05, 0.1) is 21.0 Å². The first-order valence-corrected chi connectivity index (χ1v) is 9.64. The quantitative estimate of drug-likeness (QED) is 0.671. The third-order valence-corrected chi connectivity index (χ3v) is 5.80. The number of rotatable bonds is 5. The van der Waals surface area contributed by atoms with Crippen molar-refractivity contribution < 1.29 is 18.3 Å². The molecule has 6 heteroatoms. The van der Waals surface area contributed by atoms with Crippen LogP contribution in [0.5, 0.6) is 0 Å². The molecule has 1 N–H and O–H groups in total. The molecule has 0 atom stereocenters. The highest BCUT2D eigenvalue weighted by atomic mass is 32.2. The summed E-state index contributed by atoms with van der Waals surface area (Å²) in [5, 5.41) is 9.50. The van der Waals surface area contributed by atoms with E-state index in [9.17, 15) is 18.3 Å². The molecule has 0 aliphatic rings. The van der Waals surface area contributed by atoms with Crippen molar-refractivity contribution in [2.24, 2.45) is 4.99 Å². The first kappa shape index (κ1) is 18.5. The van der Waals surface area contributed by atoms with E-state index in [1.807, 2.05) is 31.2 Å². The smallest absolute Gasteiger partial charge is 0.337 e. The first-order valence-electron chi connectivity index (χ1n) is 8.16. The lowest BCUT2D eigenvalue weighted by molar-refractivity contribution is 0.0692. The fourth-order valence-electron chi connectivity index (χ4n) is 2.53. The van der Waals surface area contributed by atoms with E-state index in [0.29, 0.717) is 5.69 Å². The highest BCUT2D eigenvalue weighted by molar-refractivity contribution is 7.91. The van der Waals surface area contributed by atoms with E-state index in [-0.39, 0.29) is 15.4 Å². The van der Waals surface area contributed by atoms with E-state index in [1.165, 1.54) is 30.3 Å². The number of benzene rings is 3. The minimum absolute atomic E-state index is 0.0448. The minimum Gasteiger partial charge on any atom is -0.478 e. The number of hydrogen-bond acceptors (Lipinski definition) is 4. The molecule has 0 heterocycles. The van der Waals surface area contributed by atoms with Crippen molar-refractivity contribution >= 4 is 27.7 Å². The van der Waals surface area contributed by atoms with Gasteiger partial charge in [-0.3, -0.25) is 4.99 Å². The maximum absolute atomic E-state index is 12.8. The van der Waals surface area contributed by atoms with Crippen LogP contribution in [-0.2, 0) is 9.84 Å². The zero-order valence-corrected chi connectivity index (χ0v) is 15.3. The molecule has 0 unspecified atom stereocenters. The molecule has 3 rings (SSSR count). The first-order chi connectivity index (χ1) is 12.9. The summed E-state index contributed by atoms with van der Waals surface area (Å²) in [6.45, 7) is 1.98. The molecule has 0 radical (unpaired) electrons. The zero-order chi connectivity index (χ0) is 19.4. The lowest BCUT2D eigenvalue weighted by Crippen LogP contribution is -2.09. The van der Waals surface area contributed by atoms with Crippen LogP contribution in [0.15, 0.2) is 87.6 Å². The molecule has 3 aromatic carbocycles. The second-order valence-electron chi connectivity index (χ2n) is 5.97. The van der Waals surface area contributed by atoms with Gasteiger partial charge in [-0.25, -0.2) is 13.2 Å². The van der Waals surface area contributed by atoms with Gasteiger partial charge in [-0.05, 0) is 42.8 Å². The summed E-state index contributed by atoms with van der Waals surface area (Å²) in [6, 6.07) is 19.5. The summed E-state index contributed by atoms with van der Waals surface area (Å²) < 4.78 is 25.6. The Morgan fingerprint density at radius 3 is 2.26 bits per heavy atom. The highest BCUT2D eigenvalue weighted by Gasteiger charge is 2.24. The third-order valence-electron chi connectivity index (χ3n) is 3.98. The molecule has 5 nitrogen and oxygen atoms in total. The molecule has 0 aliphatic carbocycles. The molecular formula is C21H17NO4S. The Kier molecular flexibility index (Phi) is 5.19. The van der Waals surface area contributed by atoms with Gasteiger partial charge in [-0.15, -0.1) is 0 Å². The molecule has 3 aromatic rings. The van der Waals surface area contributed by atoms with E-state index in [1.54, 1.807) is 24.4 Å². The Bertz CT molecular complexity index is 1100. The number of aromatic carboxylic acids is 1. The Morgan fingerprint density at radius 2 is 1.63 bits per heavy atom. The maximum Gasteiger partial charge on any atom is 0.337 e. The number of carboxylic acid groups (broad SMARTS) is 1. The monoisotopic (exact) mass is 379 g/mol. The molecule has 0 saturated heterocycles. The average Bonchev–Trinajstić information content (AvgIpc) is 2.68. The molecule has 0 aliphatic heterocycles. The number of carbonyl (C=O) groups is 1. The van der Waals surface area contributed by atoms with Gasteiger partial charge < -0.3 is 5.11 Å². The van der Waals surface area contributed by atoms with Crippen LogP contribution in [0, 0.1) is 6.92 Å². The predicted molar refractivity (Wildman–Crippen MR) is 104 cm³/mol. The molecule has 0 fully saturated rings. The van der Waals surface area contributed by atoms with Crippen molar-refractivity contribution in [2.45, 2.75) is 16.7 Å². The Morgan fingerprint density at radius 1 is 0.963 bits per heavy atom. The second kappa shape index (κ2) is 7.55. The number of sulfone groups is 1. The van der Waals surface area contributed by atoms with Crippen molar-refractivity contribution in [3.63, 3.8) is 0 Å². The van der Waals surface area contributed by atoms with Crippen molar-refractivity contribution in [2.75, 3.05) is 0 Å². The van der Waals surface area contributed by atoms with Gasteiger partial charge in [-0.2, -0.15) is 0 Å². The minimum atomic E-state index is -3.94. The predicted octanol–water partition coefficient (Wildman–Crippen LogP) is 4.28. The van der Waals surface area contributed by atoms with Gasteiger partial charge in [0.25, 0.3) is 0 Å². The molecular weight excluding hydrogens is 362 g/mol. The molecule has 0 spiro atoms. The Hall–Kier alpha value is -3.25. The lowest BCUT2D eigenvalue weighted by atomic mass is 10.1. The van der Waals surface area contributed by atoms with Crippen LogP contribution in [0.2, 0.25) is 0 Å². The zero-order valence-electron chi connectivity index (χ0n) is 14.5. The van der Waals surface area contributed by atoms with E-state index in [0.717, 1.165) is 11.1 Å². The van der Waals surface area contributed by atoms with Crippen molar-refractivity contribution in [1.82, 2.24) is 0 Å². The van der Waals surface area contributed by atoms with Gasteiger partial charge >= 0.3 is 5.97 Å². The van der Waals surface area contributed by atoms with Gasteiger partial charge in [0.15, 0.2) is 0 Å². The lowest BCUT2D eigenvalue weighted by Gasteiger charge is -2.08. The number of aryl methyl sites for hydroxylation is 1. The summed E-state index contributed by atoms with van der Waals surface area (Å²) >= 11 is 0. The summed E-state index contributed by atoms with van der Waals surface area (Å²) in [4.78, 5) is 15.7. The van der Waals surface area contributed by atoms with Gasteiger partial charge in [-0.1, -0.05) is 48.0 Å². The van der Waals surface area contributed by atoms with Crippen LogP contribution in [0.25, 0.3) is 0 Å². The Labute approximate surface area is 157 Å². The van der Waals surface area contributed by atoms with Crippen molar-refractivity contribution in [3.05, 3.63) is 89.5 Å². The fraction of sp³-hybridized carbons (Fsp3) is 0.0476. The summed E-state index contributed by atoms with van der Waals surface area (Å²) in [5.41, 5.74) is 2.03. The number of carboxylic acids is 1. The normalized spacial score (nSPS) is 11.6. The molecule has 0 aromatic heterocycles. The van der Waals surface area contributed by atoms with Crippen molar-refractivity contribution in [3.8, 4) is 0 Å². The topological polar surface area (TPSA) is 83.8 Å². The summed E-state index contributed by atoms with van der Waals surface area (Å²) in [5.74, 6) is -1.32. The average molecular weight is 379 g/mol. The maximum atomic E-state index is 12.8. The SMILES string of the molecule is Cc1ccc(C=Nc2ccc(S(=O)(=O)c3ccccc3)c(C(=O)O)c2)cc1. The van der Waals surface area contributed by atoms with Crippen molar-refractivity contribution in [1.29, 1.82) is 0 Å². The fourth-order valence-corrected chi connectivity index (χ4v) is 3.98. The van der Waals surface area contributed by atoms with E-state index in [4.69, 9.17) is 0 Å². The number of nitrogens with zero attached hydrogens (tertiary/aromatic N) is 1. The molecule has 27 heavy (non-hydrogen) atoms. The van der Waals surface area contributed by atoms with Crippen LogP contribution in [-0.4, -0.2) is 25.7 Å². The van der Waals surface area contributed by atoms with Gasteiger partial charge in [0.1, 0.15) is 0 Å². The number of hydrogen-bond donors (Lipinski definition) is 1. The highest BCUT2D eigenvalue weighted by Crippen LogP contribution is 2.27. The van der Waals surface area contributed by atoms with E-state index >= 15 is 0 Å². The van der Waals surface area contributed by atoms with Crippen LogP contribution >= 0.6 is 0 Å². The third kappa shape index (κ3) is 4.12.